The van der Waals surface area contributed by atoms with E-state index in [9.17, 15) is 23.3 Å². The van der Waals surface area contributed by atoms with E-state index in [0.29, 0.717) is 13.0 Å². The average molecular weight is 375 g/mol. The van der Waals surface area contributed by atoms with Crippen LogP contribution in [-0.4, -0.2) is 25.8 Å². The Morgan fingerprint density at radius 1 is 1.08 bits per heavy atom. The van der Waals surface area contributed by atoms with Crippen molar-refractivity contribution < 1.29 is 18.1 Å². The van der Waals surface area contributed by atoms with Gasteiger partial charge in [0.15, 0.2) is 0 Å². The Morgan fingerprint density at radius 3 is 2.27 bits per heavy atom. The number of rotatable bonds is 6. The molecule has 0 bridgehead atoms. The van der Waals surface area contributed by atoms with Gasteiger partial charge in [0, 0.05) is 37.3 Å². The molecule has 0 saturated carbocycles. The predicted octanol–water partition coefficient (Wildman–Crippen LogP) is 2.20. The number of hydrogen-bond donors (Lipinski definition) is 1. The van der Waals surface area contributed by atoms with Gasteiger partial charge in [-0.3, -0.25) is 14.9 Å². The van der Waals surface area contributed by atoms with E-state index in [0.717, 1.165) is 29.8 Å². The fraction of sp³-hybridized carbons (Fsp3) is 0.235. The minimum atomic E-state index is -3.77. The van der Waals surface area contributed by atoms with Gasteiger partial charge in [0.25, 0.3) is 5.69 Å². The quantitative estimate of drug-likeness (QED) is 0.615. The molecule has 3 rings (SSSR count). The molecule has 1 amide bonds. The molecule has 1 aliphatic heterocycles. The van der Waals surface area contributed by atoms with E-state index in [-0.39, 0.29) is 23.0 Å². The van der Waals surface area contributed by atoms with Crippen LogP contribution in [0.1, 0.15) is 18.4 Å². The van der Waals surface area contributed by atoms with Crippen LogP contribution in [0.15, 0.2) is 53.4 Å². The lowest BCUT2D eigenvalue weighted by molar-refractivity contribution is -0.384. The predicted molar refractivity (Wildman–Crippen MR) is 95.2 cm³/mol. The van der Waals surface area contributed by atoms with Crippen LogP contribution in [0.25, 0.3) is 0 Å². The highest BCUT2D eigenvalue weighted by Crippen LogP contribution is 2.22. The molecule has 26 heavy (non-hydrogen) atoms. The van der Waals surface area contributed by atoms with Crippen LogP contribution in [0.3, 0.4) is 0 Å². The van der Waals surface area contributed by atoms with E-state index in [2.05, 4.69) is 4.72 Å². The lowest BCUT2D eigenvalue weighted by atomic mass is 10.2. The second-order valence-corrected chi connectivity index (χ2v) is 7.66. The van der Waals surface area contributed by atoms with Crippen molar-refractivity contribution in [3.63, 3.8) is 0 Å². The average Bonchev–Trinajstić information content (AvgIpc) is 3.06. The Balaban J connectivity index is 1.65. The molecule has 0 radical (unpaired) electrons. The maximum Gasteiger partial charge on any atom is 0.269 e. The summed E-state index contributed by atoms with van der Waals surface area (Å²) in [6.07, 6.45) is 1.40. The molecule has 0 unspecified atom stereocenters. The number of anilines is 1. The van der Waals surface area contributed by atoms with Crippen molar-refractivity contribution in [2.75, 3.05) is 11.4 Å². The fourth-order valence-electron chi connectivity index (χ4n) is 2.72. The Labute approximate surface area is 150 Å². The van der Waals surface area contributed by atoms with Gasteiger partial charge in [0.1, 0.15) is 0 Å². The van der Waals surface area contributed by atoms with Crippen molar-refractivity contribution >= 4 is 27.3 Å². The SMILES string of the molecule is O=C1CCCN1c1ccc(CNS(=O)(=O)c2ccc([N+](=O)[O-])cc2)cc1. The zero-order valence-electron chi connectivity index (χ0n) is 13.8. The van der Waals surface area contributed by atoms with Gasteiger partial charge in [-0.05, 0) is 36.2 Å². The summed E-state index contributed by atoms with van der Waals surface area (Å²) in [5.74, 6) is 0.0941. The molecule has 2 aromatic carbocycles. The number of carbonyl (C=O) groups is 1. The van der Waals surface area contributed by atoms with E-state index in [1.54, 1.807) is 29.2 Å². The number of sulfonamides is 1. The summed E-state index contributed by atoms with van der Waals surface area (Å²) in [5, 5.41) is 10.6. The van der Waals surface area contributed by atoms with Gasteiger partial charge in [0.2, 0.25) is 15.9 Å². The molecule has 0 atom stereocenters. The van der Waals surface area contributed by atoms with Crippen LogP contribution in [0, 0.1) is 10.1 Å². The van der Waals surface area contributed by atoms with Gasteiger partial charge < -0.3 is 4.90 Å². The van der Waals surface area contributed by atoms with Gasteiger partial charge in [-0.25, -0.2) is 13.1 Å². The minimum absolute atomic E-state index is 0.0395. The fourth-order valence-corrected chi connectivity index (χ4v) is 3.74. The van der Waals surface area contributed by atoms with Gasteiger partial charge in [0.05, 0.1) is 9.82 Å². The zero-order valence-corrected chi connectivity index (χ0v) is 14.6. The normalized spacial score (nSPS) is 14.6. The first-order valence-electron chi connectivity index (χ1n) is 8.00. The summed E-state index contributed by atoms with van der Waals surface area (Å²) in [4.78, 5) is 23.5. The van der Waals surface area contributed by atoms with Gasteiger partial charge >= 0.3 is 0 Å². The van der Waals surface area contributed by atoms with Gasteiger partial charge in [-0.15, -0.1) is 0 Å². The molecular weight excluding hydrogens is 358 g/mol. The molecule has 1 saturated heterocycles. The number of nitrogens with one attached hydrogen (secondary N) is 1. The first-order valence-corrected chi connectivity index (χ1v) is 9.48. The second-order valence-electron chi connectivity index (χ2n) is 5.89. The first-order chi connectivity index (χ1) is 12.4. The number of benzene rings is 2. The standard InChI is InChI=1S/C17H17N3O5S/c21-17-2-1-11-19(17)14-5-3-13(4-6-14)12-18-26(24,25)16-9-7-15(8-10-16)20(22)23/h3-10,18H,1-2,11-12H2. The number of carbonyl (C=O) groups excluding carboxylic acids is 1. The first kappa shape index (κ1) is 18.0. The van der Waals surface area contributed by atoms with Crippen molar-refractivity contribution in [2.45, 2.75) is 24.3 Å². The van der Waals surface area contributed by atoms with E-state index >= 15 is 0 Å². The Morgan fingerprint density at radius 2 is 1.73 bits per heavy atom. The third-order valence-electron chi connectivity index (χ3n) is 4.15. The number of amides is 1. The maximum absolute atomic E-state index is 12.3. The van der Waals surface area contributed by atoms with E-state index in [1.807, 2.05) is 0 Å². The van der Waals surface area contributed by atoms with Crippen LogP contribution in [0.4, 0.5) is 11.4 Å². The highest BCUT2D eigenvalue weighted by molar-refractivity contribution is 7.89. The highest BCUT2D eigenvalue weighted by atomic mass is 32.2. The molecule has 0 aliphatic carbocycles. The third kappa shape index (κ3) is 3.89. The molecule has 9 heteroatoms. The summed E-state index contributed by atoms with van der Waals surface area (Å²) < 4.78 is 27.0. The summed E-state index contributed by atoms with van der Waals surface area (Å²) in [5.41, 5.74) is 1.37. The molecule has 1 N–H and O–H groups in total. The smallest absolute Gasteiger partial charge is 0.269 e. The molecular formula is C17H17N3O5S. The number of nitro benzene ring substituents is 1. The van der Waals surface area contributed by atoms with Gasteiger partial charge in [-0.2, -0.15) is 0 Å². The van der Waals surface area contributed by atoms with Gasteiger partial charge in [-0.1, -0.05) is 12.1 Å². The van der Waals surface area contributed by atoms with Crippen LogP contribution >= 0.6 is 0 Å². The Hall–Kier alpha value is -2.78. The summed E-state index contributed by atoms with van der Waals surface area (Å²) in [6.45, 7) is 0.776. The molecule has 1 heterocycles. The summed E-state index contributed by atoms with van der Waals surface area (Å²) >= 11 is 0. The molecule has 1 aliphatic rings. The van der Waals surface area contributed by atoms with E-state index in [1.165, 1.54) is 12.1 Å². The number of nitro groups is 1. The molecule has 0 aromatic heterocycles. The molecule has 2 aromatic rings. The van der Waals surface area contributed by atoms with E-state index < -0.39 is 14.9 Å². The Kier molecular flexibility index (Phi) is 5.01. The van der Waals surface area contributed by atoms with Crippen molar-refractivity contribution in [2.24, 2.45) is 0 Å². The minimum Gasteiger partial charge on any atom is -0.312 e. The summed E-state index contributed by atoms with van der Waals surface area (Å²) in [6, 6.07) is 11.8. The topological polar surface area (TPSA) is 110 Å². The lowest BCUT2D eigenvalue weighted by Gasteiger charge is -2.16. The number of hydrogen-bond acceptors (Lipinski definition) is 5. The second kappa shape index (κ2) is 7.22. The maximum atomic E-state index is 12.3. The largest absolute Gasteiger partial charge is 0.312 e. The van der Waals surface area contributed by atoms with Crippen LogP contribution in [-0.2, 0) is 21.4 Å². The monoisotopic (exact) mass is 375 g/mol. The van der Waals surface area contributed by atoms with E-state index in [4.69, 9.17) is 0 Å². The summed E-state index contributed by atoms with van der Waals surface area (Å²) in [7, 11) is -3.77. The number of nitrogens with zero attached hydrogens (tertiary/aromatic N) is 2. The van der Waals surface area contributed by atoms with Crippen molar-refractivity contribution in [3.05, 3.63) is 64.2 Å². The molecule has 8 nitrogen and oxygen atoms in total. The van der Waals surface area contributed by atoms with Crippen molar-refractivity contribution in [1.29, 1.82) is 0 Å². The molecule has 0 spiro atoms. The van der Waals surface area contributed by atoms with Crippen molar-refractivity contribution in [1.82, 2.24) is 4.72 Å². The highest BCUT2D eigenvalue weighted by Gasteiger charge is 2.21. The number of non-ortho nitro benzene ring substituents is 1. The molecule has 136 valence electrons. The third-order valence-corrected chi connectivity index (χ3v) is 5.56. The van der Waals surface area contributed by atoms with Crippen molar-refractivity contribution in [3.8, 4) is 0 Å². The Bertz CT molecular complexity index is 924. The van der Waals surface area contributed by atoms with Crippen LogP contribution < -0.4 is 9.62 Å². The zero-order chi connectivity index (χ0) is 18.7. The van der Waals surface area contributed by atoms with Crippen LogP contribution in [0.5, 0.6) is 0 Å². The molecule has 1 fully saturated rings. The lowest BCUT2D eigenvalue weighted by Crippen LogP contribution is -2.24. The van der Waals surface area contributed by atoms with Crippen LogP contribution in [0.2, 0.25) is 0 Å².